The number of carbonyl (C=O) groups excluding carboxylic acids is 2. The molecule has 0 aromatic heterocycles. The lowest BCUT2D eigenvalue weighted by atomic mass is 10.1. The van der Waals surface area contributed by atoms with Gasteiger partial charge in [-0.15, -0.1) is 6.58 Å². The first-order chi connectivity index (χ1) is 8.25. The minimum atomic E-state index is -0.203. The van der Waals surface area contributed by atoms with E-state index in [1.54, 1.807) is 30.3 Å². The number of amides is 2. The number of benzene rings is 1. The van der Waals surface area contributed by atoms with Gasteiger partial charge in [0.2, 0.25) is 0 Å². The fraction of sp³-hybridized carbons (Fsp3) is 0.231. The van der Waals surface area contributed by atoms with Crippen molar-refractivity contribution >= 4 is 11.8 Å². The van der Waals surface area contributed by atoms with E-state index in [4.69, 9.17) is 0 Å². The highest BCUT2D eigenvalue weighted by Gasteiger charge is 2.34. The lowest BCUT2D eigenvalue weighted by Crippen LogP contribution is -2.36. The molecular formula is C13H14N2O2. The van der Waals surface area contributed by atoms with E-state index in [0.717, 1.165) is 0 Å². The number of carbonyl (C=O) groups is 2. The molecule has 1 aliphatic rings. The molecule has 4 heteroatoms. The lowest BCUT2D eigenvalue weighted by molar-refractivity contribution is 0.0656. The highest BCUT2D eigenvalue weighted by Crippen LogP contribution is 2.21. The van der Waals surface area contributed by atoms with Gasteiger partial charge in [0.25, 0.3) is 11.8 Å². The summed E-state index contributed by atoms with van der Waals surface area (Å²) in [5.74, 6) is -0.406. The van der Waals surface area contributed by atoms with Crippen molar-refractivity contribution in [3.63, 3.8) is 0 Å². The summed E-state index contributed by atoms with van der Waals surface area (Å²) < 4.78 is 0. The molecule has 0 unspecified atom stereocenters. The van der Waals surface area contributed by atoms with Gasteiger partial charge >= 0.3 is 0 Å². The summed E-state index contributed by atoms with van der Waals surface area (Å²) >= 11 is 0. The zero-order valence-corrected chi connectivity index (χ0v) is 9.48. The molecule has 0 spiro atoms. The lowest BCUT2D eigenvalue weighted by Gasteiger charge is -2.13. The predicted molar refractivity (Wildman–Crippen MR) is 64.9 cm³/mol. The van der Waals surface area contributed by atoms with Crippen LogP contribution in [0.2, 0.25) is 0 Å². The summed E-state index contributed by atoms with van der Waals surface area (Å²) in [6.45, 7) is 5.22. The second-order valence-electron chi connectivity index (χ2n) is 3.80. The summed E-state index contributed by atoms with van der Waals surface area (Å²) in [5.41, 5.74) is 1.00. The average Bonchev–Trinajstić information content (AvgIpc) is 2.60. The molecule has 1 aliphatic heterocycles. The number of fused-ring (bicyclic) bond motifs is 1. The van der Waals surface area contributed by atoms with E-state index in [2.05, 4.69) is 11.9 Å². The molecule has 1 N–H and O–H groups in total. The Morgan fingerprint density at radius 1 is 1.18 bits per heavy atom. The van der Waals surface area contributed by atoms with Gasteiger partial charge in [0, 0.05) is 19.6 Å². The Bertz CT molecular complexity index is 433. The molecule has 1 heterocycles. The van der Waals surface area contributed by atoms with Gasteiger partial charge in [0.05, 0.1) is 11.1 Å². The highest BCUT2D eigenvalue weighted by atomic mass is 16.2. The first-order valence-electron chi connectivity index (χ1n) is 5.52. The maximum absolute atomic E-state index is 11.9. The standard InChI is InChI=1S/C13H14N2O2/c1-2-7-14-8-9-15-12(16)10-5-3-4-6-11(10)13(15)17/h2-6,14H,1,7-9H2. The minimum absolute atomic E-state index is 0.203. The molecule has 0 bridgehead atoms. The van der Waals surface area contributed by atoms with E-state index in [-0.39, 0.29) is 11.8 Å². The van der Waals surface area contributed by atoms with Gasteiger partial charge in [-0.1, -0.05) is 18.2 Å². The molecule has 4 nitrogen and oxygen atoms in total. The summed E-state index contributed by atoms with van der Waals surface area (Å²) in [7, 11) is 0. The third kappa shape index (κ3) is 2.12. The van der Waals surface area contributed by atoms with Gasteiger partial charge in [-0.3, -0.25) is 14.5 Å². The smallest absolute Gasteiger partial charge is 0.261 e. The van der Waals surface area contributed by atoms with Gasteiger partial charge in [0.1, 0.15) is 0 Å². The molecule has 0 fully saturated rings. The highest BCUT2D eigenvalue weighted by molar-refractivity contribution is 6.21. The van der Waals surface area contributed by atoms with Crippen LogP contribution in [0.3, 0.4) is 0 Å². The normalized spacial score (nSPS) is 14.0. The fourth-order valence-electron chi connectivity index (χ4n) is 1.84. The van der Waals surface area contributed by atoms with Crippen LogP contribution in [0.25, 0.3) is 0 Å². The quantitative estimate of drug-likeness (QED) is 0.467. The van der Waals surface area contributed by atoms with Crippen molar-refractivity contribution in [3.8, 4) is 0 Å². The largest absolute Gasteiger partial charge is 0.312 e. The maximum Gasteiger partial charge on any atom is 0.261 e. The van der Waals surface area contributed by atoms with Gasteiger partial charge < -0.3 is 5.32 Å². The molecule has 0 saturated heterocycles. The summed E-state index contributed by atoms with van der Waals surface area (Å²) in [6.07, 6.45) is 1.74. The Morgan fingerprint density at radius 2 is 1.76 bits per heavy atom. The van der Waals surface area contributed by atoms with Crippen LogP contribution in [0, 0.1) is 0 Å². The summed E-state index contributed by atoms with van der Waals surface area (Å²) in [6, 6.07) is 6.91. The zero-order valence-electron chi connectivity index (χ0n) is 9.48. The van der Waals surface area contributed by atoms with Crippen molar-refractivity contribution < 1.29 is 9.59 Å². The Labute approximate surface area is 99.9 Å². The second kappa shape index (κ2) is 4.93. The molecular weight excluding hydrogens is 216 g/mol. The number of rotatable bonds is 5. The average molecular weight is 230 g/mol. The molecule has 2 amide bonds. The SMILES string of the molecule is C=CCNCCN1C(=O)c2ccccc2C1=O. The van der Waals surface area contributed by atoms with Crippen LogP contribution in [0.4, 0.5) is 0 Å². The van der Waals surface area contributed by atoms with Crippen LogP contribution in [-0.4, -0.2) is 36.3 Å². The fourth-order valence-corrected chi connectivity index (χ4v) is 1.84. The van der Waals surface area contributed by atoms with Gasteiger partial charge in [-0.25, -0.2) is 0 Å². The molecule has 0 radical (unpaired) electrons. The van der Waals surface area contributed by atoms with E-state index < -0.39 is 0 Å². The van der Waals surface area contributed by atoms with Crippen LogP contribution in [0.1, 0.15) is 20.7 Å². The number of hydrogen-bond acceptors (Lipinski definition) is 3. The van der Waals surface area contributed by atoms with E-state index >= 15 is 0 Å². The maximum atomic E-state index is 11.9. The Kier molecular flexibility index (Phi) is 3.35. The number of nitrogens with zero attached hydrogens (tertiary/aromatic N) is 1. The molecule has 0 atom stereocenters. The Hall–Kier alpha value is -1.94. The summed E-state index contributed by atoms with van der Waals surface area (Å²) in [5, 5.41) is 3.07. The Morgan fingerprint density at radius 3 is 2.29 bits per heavy atom. The van der Waals surface area contributed by atoms with Crippen molar-refractivity contribution in [1.82, 2.24) is 10.2 Å². The molecule has 88 valence electrons. The van der Waals surface area contributed by atoms with E-state index in [1.807, 2.05) is 0 Å². The molecule has 17 heavy (non-hydrogen) atoms. The Balaban J connectivity index is 2.05. The number of hydrogen-bond donors (Lipinski definition) is 1. The van der Waals surface area contributed by atoms with Gasteiger partial charge in [-0.05, 0) is 12.1 Å². The minimum Gasteiger partial charge on any atom is -0.312 e. The number of imide groups is 1. The van der Waals surface area contributed by atoms with Crippen molar-refractivity contribution in [3.05, 3.63) is 48.0 Å². The molecule has 2 rings (SSSR count). The van der Waals surface area contributed by atoms with Crippen LogP contribution in [0.15, 0.2) is 36.9 Å². The van der Waals surface area contributed by atoms with Crippen LogP contribution in [-0.2, 0) is 0 Å². The third-order valence-corrected chi connectivity index (χ3v) is 2.68. The van der Waals surface area contributed by atoms with Gasteiger partial charge in [0.15, 0.2) is 0 Å². The van der Waals surface area contributed by atoms with Crippen molar-refractivity contribution in [1.29, 1.82) is 0 Å². The van der Waals surface area contributed by atoms with Crippen molar-refractivity contribution in [2.75, 3.05) is 19.6 Å². The van der Waals surface area contributed by atoms with E-state index in [9.17, 15) is 9.59 Å². The summed E-state index contributed by atoms with van der Waals surface area (Å²) in [4.78, 5) is 25.1. The van der Waals surface area contributed by atoms with Crippen LogP contribution in [0.5, 0.6) is 0 Å². The monoisotopic (exact) mass is 230 g/mol. The number of nitrogens with one attached hydrogen (secondary N) is 1. The molecule has 0 aliphatic carbocycles. The van der Waals surface area contributed by atoms with E-state index in [1.165, 1.54) is 4.90 Å². The van der Waals surface area contributed by atoms with Crippen LogP contribution < -0.4 is 5.32 Å². The van der Waals surface area contributed by atoms with Crippen molar-refractivity contribution in [2.24, 2.45) is 0 Å². The second-order valence-corrected chi connectivity index (χ2v) is 3.80. The topological polar surface area (TPSA) is 49.4 Å². The first kappa shape index (κ1) is 11.5. The molecule has 1 aromatic rings. The van der Waals surface area contributed by atoms with Gasteiger partial charge in [-0.2, -0.15) is 0 Å². The van der Waals surface area contributed by atoms with Crippen molar-refractivity contribution in [2.45, 2.75) is 0 Å². The zero-order chi connectivity index (χ0) is 12.3. The molecule has 0 saturated carbocycles. The predicted octanol–water partition coefficient (Wildman–Crippen LogP) is 1.06. The first-order valence-corrected chi connectivity index (χ1v) is 5.52. The van der Waals surface area contributed by atoms with E-state index in [0.29, 0.717) is 30.8 Å². The third-order valence-electron chi connectivity index (χ3n) is 2.68. The van der Waals surface area contributed by atoms with Crippen LogP contribution >= 0.6 is 0 Å². The molecule has 1 aromatic carbocycles.